The van der Waals surface area contributed by atoms with Gasteiger partial charge in [-0.15, -0.1) is 0 Å². The highest BCUT2D eigenvalue weighted by molar-refractivity contribution is 6.45. The predicted molar refractivity (Wildman–Crippen MR) is 85.1 cm³/mol. The van der Waals surface area contributed by atoms with Crippen LogP contribution in [0.2, 0.25) is 0 Å². The van der Waals surface area contributed by atoms with E-state index in [1.54, 1.807) is 12.1 Å². The molecule has 0 amide bonds. The normalized spacial score (nSPS) is 10.7. The summed E-state index contributed by atoms with van der Waals surface area (Å²) in [6, 6.07) is 5.19. The van der Waals surface area contributed by atoms with E-state index in [0.29, 0.717) is 29.7 Å². The van der Waals surface area contributed by atoms with Crippen LogP contribution in [-0.4, -0.2) is 33.8 Å². The van der Waals surface area contributed by atoms with Gasteiger partial charge in [-0.05, 0) is 25.5 Å². The first kappa shape index (κ1) is 16.7. The highest BCUT2D eigenvalue weighted by Gasteiger charge is 2.26. The minimum atomic E-state index is -1.10. The lowest BCUT2D eigenvalue weighted by Gasteiger charge is -2.07. The van der Waals surface area contributed by atoms with E-state index in [2.05, 4.69) is 0 Å². The molecule has 0 fully saturated rings. The van der Waals surface area contributed by atoms with Crippen LogP contribution in [0.15, 0.2) is 18.2 Å². The van der Waals surface area contributed by atoms with Gasteiger partial charge in [0.2, 0.25) is 5.78 Å². The lowest BCUT2D eigenvalue weighted by molar-refractivity contribution is -0.139. The number of Topliss-reactive ketones (excluding diaryl/α,β-unsaturated/α-hetero) is 2. The smallest absolute Gasteiger partial charge is 0.341 e. The number of benzene rings is 1. The van der Waals surface area contributed by atoms with Crippen LogP contribution in [-0.2, 0) is 22.6 Å². The Morgan fingerprint density at radius 2 is 1.91 bits per heavy atom. The Kier molecular flexibility index (Phi) is 4.83. The average molecular weight is 317 g/mol. The number of carbonyl (C=O) groups excluding carboxylic acids is 2. The molecule has 0 saturated carbocycles. The van der Waals surface area contributed by atoms with Crippen LogP contribution in [0.5, 0.6) is 5.75 Å². The van der Waals surface area contributed by atoms with Crippen molar-refractivity contribution in [3.63, 3.8) is 0 Å². The molecule has 6 heteroatoms. The first-order valence-corrected chi connectivity index (χ1v) is 7.46. The quantitative estimate of drug-likeness (QED) is 0.626. The number of aromatic nitrogens is 1. The first-order valence-electron chi connectivity index (χ1n) is 7.46. The van der Waals surface area contributed by atoms with Crippen molar-refractivity contribution >= 4 is 28.4 Å². The third-order valence-electron chi connectivity index (χ3n) is 3.71. The van der Waals surface area contributed by atoms with Crippen LogP contribution >= 0.6 is 0 Å². The SMILES string of the molecule is CCc1c(C(=O)C(C)=O)c2c(OCC(=O)O)cccc2n1CC. The molecule has 122 valence electrons. The van der Waals surface area contributed by atoms with Crippen LogP contribution in [0, 0.1) is 0 Å². The molecule has 0 spiro atoms. The topological polar surface area (TPSA) is 85.6 Å². The number of rotatable bonds is 7. The summed E-state index contributed by atoms with van der Waals surface area (Å²) >= 11 is 0. The molecule has 0 aliphatic carbocycles. The minimum Gasteiger partial charge on any atom is -0.481 e. The van der Waals surface area contributed by atoms with Crippen molar-refractivity contribution in [1.82, 2.24) is 4.57 Å². The molecular weight excluding hydrogens is 298 g/mol. The van der Waals surface area contributed by atoms with Gasteiger partial charge in [-0.2, -0.15) is 0 Å². The Labute approximate surface area is 133 Å². The zero-order valence-corrected chi connectivity index (χ0v) is 13.4. The Hall–Kier alpha value is -2.63. The summed E-state index contributed by atoms with van der Waals surface area (Å²) in [5.74, 6) is -1.93. The van der Waals surface area contributed by atoms with Gasteiger partial charge in [0.25, 0.3) is 0 Å². The zero-order chi connectivity index (χ0) is 17.1. The number of hydrogen-bond acceptors (Lipinski definition) is 4. The van der Waals surface area contributed by atoms with Crippen molar-refractivity contribution < 1.29 is 24.2 Å². The van der Waals surface area contributed by atoms with E-state index in [9.17, 15) is 14.4 Å². The van der Waals surface area contributed by atoms with Crippen LogP contribution in [0.3, 0.4) is 0 Å². The summed E-state index contributed by atoms with van der Waals surface area (Å²) < 4.78 is 7.29. The molecule has 0 atom stereocenters. The van der Waals surface area contributed by atoms with Crippen molar-refractivity contribution in [2.45, 2.75) is 33.7 Å². The number of aliphatic carboxylic acids is 1. The summed E-state index contributed by atoms with van der Waals surface area (Å²) in [6.07, 6.45) is 0.579. The van der Waals surface area contributed by atoms with Gasteiger partial charge >= 0.3 is 5.97 Å². The number of ketones is 2. The molecule has 1 aromatic carbocycles. The Morgan fingerprint density at radius 1 is 1.22 bits per heavy atom. The fourth-order valence-corrected chi connectivity index (χ4v) is 2.83. The number of aryl methyl sites for hydroxylation is 1. The fraction of sp³-hybridized carbons (Fsp3) is 0.353. The molecular formula is C17H19NO5. The molecule has 0 unspecified atom stereocenters. The number of fused-ring (bicyclic) bond motifs is 1. The molecule has 0 radical (unpaired) electrons. The Balaban J connectivity index is 2.80. The number of carbonyl (C=O) groups is 3. The highest BCUT2D eigenvalue weighted by atomic mass is 16.5. The lowest BCUT2D eigenvalue weighted by Crippen LogP contribution is -2.14. The van der Waals surface area contributed by atoms with Crippen molar-refractivity contribution in [2.24, 2.45) is 0 Å². The Morgan fingerprint density at radius 3 is 2.43 bits per heavy atom. The standard InChI is InChI=1S/C17H19NO5/c1-4-11-16(17(22)10(3)19)15-12(18(11)5-2)7-6-8-13(15)23-9-14(20)21/h6-8H,4-5,9H2,1-3H3,(H,20,21). The highest BCUT2D eigenvalue weighted by Crippen LogP contribution is 2.34. The summed E-state index contributed by atoms with van der Waals surface area (Å²) in [6.45, 7) is 5.22. The first-order chi connectivity index (χ1) is 10.9. The maximum absolute atomic E-state index is 12.4. The largest absolute Gasteiger partial charge is 0.481 e. The minimum absolute atomic E-state index is 0.302. The molecule has 0 saturated heterocycles. The zero-order valence-electron chi connectivity index (χ0n) is 13.4. The van der Waals surface area contributed by atoms with E-state index in [0.717, 1.165) is 11.2 Å². The van der Waals surface area contributed by atoms with Crippen molar-refractivity contribution in [1.29, 1.82) is 0 Å². The molecule has 2 aromatic rings. The van der Waals surface area contributed by atoms with Gasteiger partial charge in [-0.1, -0.05) is 13.0 Å². The third kappa shape index (κ3) is 2.97. The summed E-state index contributed by atoms with van der Waals surface area (Å²) in [4.78, 5) is 34.8. The van der Waals surface area contributed by atoms with E-state index >= 15 is 0 Å². The van der Waals surface area contributed by atoms with E-state index in [4.69, 9.17) is 9.84 Å². The number of hydrogen-bond donors (Lipinski definition) is 1. The van der Waals surface area contributed by atoms with E-state index in [1.807, 2.05) is 24.5 Å². The van der Waals surface area contributed by atoms with Gasteiger partial charge in [0.1, 0.15) is 5.75 Å². The van der Waals surface area contributed by atoms with Crippen molar-refractivity contribution in [3.8, 4) is 5.75 Å². The van der Waals surface area contributed by atoms with Gasteiger partial charge < -0.3 is 14.4 Å². The molecule has 1 N–H and O–H groups in total. The molecule has 2 rings (SSSR count). The fourth-order valence-electron chi connectivity index (χ4n) is 2.83. The second-order valence-corrected chi connectivity index (χ2v) is 5.14. The summed E-state index contributed by atoms with van der Waals surface area (Å²) in [5, 5.41) is 9.32. The van der Waals surface area contributed by atoms with Crippen molar-refractivity contribution in [2.75, 3.05) is 6.61 Å². The van der Waals surface area contributed by atoms with Crippen LogP contribution in [0.4, 0.5) is 0 Å². The van der Waals surface area contributed by atoms with Gasteiger partial charge in [-0.25, -0.2) is 4.79 Å². The monoisotopic (exact) mass is 317 g/mol. The number of ether oxygens (including phenoxy) is 1. The molecule has 1 aromatic heterocycles. The van der Waals surface area contributed by atoms with Gasteiger partial charge in [0.15, 0.2) is 12.4 Å². The predicted octanol–water partition coefficient (Wildman–Crippen LogP) is 2.46. The van der Waals surface area contributed by atoms with Gasteiger partial charge in [0, 0.05) is 19.2 Å². The number of carboxylic acids is 1. The molecule has 0 aliphatic rings. The maximum Gasteiger partial charge on any atom is 0.341 e. The molecule has 0 aliphatic heterocycles. The van der Waals surface area contributed by atoms with Crippen LogP contribution < -0.4 is 4.74 Å². The van der Waals surface area contributed by atoms with Crippen molar-refractivity contribution in [3.05, 3.63) is 29.5 Å². The van der Waals surface area contributed by atoms with E-state index in [-0.39, 0.29) is 0 Å². The average Bonchev–Trinajstić information content (AvgIpc) is 2.85. The van der Waals surface area contributed by atoms with E-state index in [1.165, 1.54) is 6.92 Å². The number of nitrogens with zero attached hydrogens (tertiary/aromatic N) is 1. The second kappa shape index (κ2) is 6.64. The lowest BCUT2D eigenvalue weighted by atomic mass is 10.0. The third-order valence-corrected chi connectivity index (χ3v) is 3.71. The van der Waals surface area contributed by atoms with Gasteiger partial charge in [-0.3, -0.25) is 9.59 Å². The van der Waals surface area contributed by atoms with Crippen LogP contribution in [0.1, 0.15) is 36.8 Å². The molecule has 6 nitrogen and oxygen atoms in total. The van der Waals surface area contributed by atoms with Gasteiger partial charge in [0.05, 0.1) is 16.5 Å². The molecule has 23 heavy (non-hydrogen) atoms. The Bertz CT molecular complexity index is 788. The second-order valence-electron chi connectivity index (χ2n) is 5.14. The summed E-state index contributed by atoms with van der Waals surface area (Å²) in [5.41, 5.74) is 1.84. The molecule has 1 heterocycles. The summed E-state index contributed by atoms with van der Waals surface area (Å²) in [7, 11) is 0. The van der Waals surface area contributed by atoms with Crippen LogP contribution in [0.25, 0.3) is 10.9 Å². The van der Waals surface area contributed by atoms with E-state index < -0.39 is 24.1 Å². The number of carboxylic acid groups (broad SMARTS) is 1. The molecule has 0 bridgehead atoms. The maximum atomic E-state index is 12.4.